The third-order valence-electron chi connectivity index (χ3n) is 3.09. The van der Waals surface area contributed by atoms with E-state index in [1.807, 2.05) is 0 Å². The quantitative estimate of drug-likeness (QED) is 0.833. The molecule has 1 aromatic rings. The van der Waals surface area contributed by atoms with Crippen LogP contribution in [0.25, 0.3) is 0 Å². The fourth-order valence-corrected chi connectivity index (χ4v) is 2.11. The first-order chi connectivity index (χ1) is 9.99. The molecule has 1 rings (SSSR count). The van der Waals surface area contributed by atoms with Gasteiger partial charge < -0.3 is 10.4 Å². The fourth-order valence-electron chi connectivity index (χ4n) is 2.11. The highest BCUT2D eigenvalue weighted by Crippen LogP contribution is 2.21. The lowest BCUT2D eigenvalue weighted by atomic mass is 10.1. The first-order valence-corrected chi connectivity index (χ1v) is 6.60. The molecule has 1 amide bonds. The van der Waals surface area contributed by atoms with Crippen molar-refractivity contribution in [2.75, 3.05) is 0 Å². The molecule has 0 saturated heterocycles. The van der Waals surface area contributed by atoms with Crippen molar-refractivity contribution in [2.45, 2.75) is 52.4 Å². The number of aryl methyl sites for hydroxylation is 1. The smallest absolute Gasteiger partial charge is 0.408 e. The number of carboxylic acids is 1. The number of halogens is 3. The van der Waals surface area contributed by atoms with Crippen LogP contribution in [0.4, 0.5) is 13.2 Å². The predicted molar refractivity (Wildman–Crippen MR) is 71.3 cm³/mol. The Morgan fingerprint density at radius 3 is 2.45 bits per heavy atom. The molecule has 0 bridgehead atoms. The van der Waals surface area contributed by atoms with Gasteiger partial charge in [-0.3, -0.25) is 14.3 Å². The summed E-state index contributed by atoms with van der Waals surface area (Å²) in [7, 11) is 0. The average Bonchev–Trinajstić information content (AvgIpc) is 2.53. The summed E-state index contributed by atoms with van der Waals surface area (Å²) in [5.41, 5.74) is 1.04. The topological polar surface area (TPSA) is 84.2 Å². The van der Waals surface area contributed by atoms with E-state index in [-0.39, 0.29) is 18.5 Å². The molecule has 22 heavy (non-hydrogen) atoms. The molecule has 9 heteroatoms. The van der Waals surface area contributed by atoms with Crippen molar-refractivity contribution in [3.05, 3.63) is 17.0 Å². The van der Waals surface area contributed by atoms with E-state index in [4.69, 9.17) is 5.11 Å². The Hall–Kier alpha value is -2.06. The van der Waals surface area contributed by atoms with Crippen LogP contribution < -0.4 is 5.32 Å². The number of aliphatic carboxylic acids is 1. The minimum atomic E-state index is -4.39. The number of carboxylic acid groups (broad SMARTS) is 1. The van der Waals surface area contributed by atoms with Gasteiger partial charge in [-0.05, 0) is 20.8 Å². The molecule has 1 heterocycles. The fraction of sp³-hybridized carbons (Fsp3) is 0.615. The number of carbonyl (C=O) groups is 2. The number of nitrogens with one attached hydrogen (secondary N) is 1. The number of amides is 1. The molecule has 2 N–H and O–H groups in total. The lowest BCUT2D eigenvalue weighted by Gasteiger charge is -2.12. The molecule has 1 unspecified atom stereocenters. The zero-order valence-corrected chi connectivity index (χ0v) is 12.5. The highest BCUT2D eigenvalue weighted by Gasteiger charge is 2.30. The van der Waals surface area contributed by atoms with Crippen molar-refractivity contribution in [3.8, 4) is 0 Å². The van der Waals surface area contributed by atoms with E-state index in [0.717, 1.165) is 4.68 Å². The minimum Gasteiger partial charge on any atom is -0.481 e. The van der Waals surface area contributed by atoms with E-state index < -0.39 is 30.6 Å². The third-order valence-corrected chi connectivity index (χ3v) is 3.09. The van der Waals surface area contributed by atoms with Crippen molar-refractivity contribution in [1.29, 1.82) is 0 Å². The van der Waals surface area contributed by atoms with Crippen LogP contribution in [0.2, 0.25) is 0 Å². The molecule has 124 valence electrons. The van der Waals surface area contributed by atoms with E-state index in [1.165, 1.54) is 13.8 Å². The molecule has 0 fully saturated rings. The molecule has 1 aromatic heterocycles. The summed E-state index contributed by atoms with van der Waals surface area (Å²) in [6, 6.07) is -0.559. The molecule has 0 spiro atoms. The number of aromatic nitrogens is 2. The molecular weight excluding hydrogens is 303 g/mol. The Balaban J connectivity index is 2.77. The van der Waals surface area contributed by atoms with Crippen LogP contribution in [0.5, 0.6) is 0 Å². The van der Waals surface area contributed by atoms with Crippen molar-refractivity contribution >= 4 is 11.9 Å². The van der Waals surface area contributed by atoms with Gasteiger partial charge in [0.2, 0.25) is 5.91 Å². The lowest BCUT2D eigenvalue weighted by molar-refractivity contribution is -0.143. The maximum absolute atomic E-state index is 12.4. The van der Waals surface area contributed by atoms with Crippen molar-refractivity contribution in [2.24, 2.45) is 0 Å². The van der Waals surface area contributed by atoms with E-state index in [9.17, 15) is 22.8 Å². The molecule has 0 aromatic carbocycles. The largest absolute Gasteiger partial charge is 0.481 e. The Morgan fingerprint density at radius 1 is 1.36 bits per heavy atom. The van der Waals surface area contributed by atoms with Crippen LogP contribution in [0.15, 0.2) is 0 Å². The Kier molecular flexibility index (Phi) is 5.56. The van der Waals surface area contributed by atoms with Crippen LogP contribution in [0.3, 0.4) is 0 Å². The summed E-state index contributed by atoms with van der Waals surface area (Å²) in [6.07, 6.45) is -4.75. The van der Waals surface area contributed by atoms with Crippen molar-refractivity contribution in [1.82, 2.24) is 15.1 Å². The second kappa shape index (κ2) is 6.80. The predicted octanol–water partition coefficient (Wildman–Crippen LogP) is 1.58. The van der Waals surface area contributed by atoms with Crippen LogP contribution >= 0.6 is 0 Å². The summed E-state index contributed by atoms with van der Waals surface area (Å²) >= 11 is 0. The number of hydrogen-bond acceptors (Lipinski definition) is 3. The van der Waals surface area contributed by atoms with Crippen LogP contribution in [0, 0.1) is 13.8 Å². The first-order valence-electron chi connectivity index (χ1n) is 6.60. The molecule has 0 aliphatic rings. The Labute approximate surface area is 125 Å². The second-order valence-electron chi connectivity index (χ2n) is 5.17. The van der Waals surface area contributed by atoms with E-state index in [0.29, 0.717) is 11.3 Å². The van der Waals surface area contributed by atoms with Gasteiger partial charge in [0, 0.05) is 17.3 Å². The number of alkyl halides is 3. The van der Waals surface area contributed by atoms with E-state index in [1.54, 1.807) is 6.92 Å². The molecular formula is C13H18F3N3O3. The number of hydrogen-bond donors (Lipinski definition) is 2. The minimum absolute atomic E-state index is 0.139. The summed E-state index contributed by atoms with van der Waals surface area (Å²) in [6.45, 7) is 3.33. The molecule has 0 saturated carbocycles. The maximum atomic E-state index is 12.4. The SMILES string of the molecule is Cc1nn(CC(F)(F)F)c(C)c1CC(=O)NC(C)CC(=O)O. The molecule has 1 atom stereocenters. The van der Waals surface area contributed by atoms with E-state index >= 15 is 0 Å². The van der Waals surface area contributed by atoms with E-state index in [2.05, 4.69) is 10.4 Å². The highest BCUT2D eigenvalue weighted by molar-refractivity contribution is 5.80. The Bertz CT molecular complexity index is 567. The second-order valence-corrected chi connectivity index (χ2v) is 5.17. The van der Waals surface area contributed by atoms with Gasteiger partial charge in [0.1, 0.15) is 6.54 Å². The molecule has 0 aliphatic heterocycles. The summed E-state index contributed by atoms with van der Waals surface area (Å²) in [4.78, 5) is 22.4. The third kappa shape index (κ3) is 5.38. The lowest BCUT2D eigenvalue weighted by Crippen LogP contribution is -2.35. The summed E-state index contributed by atoms with van der Waals surface area (Å²) in [5.74, 6) is -1.50. The van der Waals surface area contributed by atoms with Gasteiger partial charge in [-0.15, -0.1) is 0 Å². The van der Waals surface area contributed by atoms with Gasteiger partial charge in [0.25, 0.3) is 0 Å². The zero-order chi connectivity index (χ0) is 17.1. The van der Waals surface area contributed by atoms with Crippen LogP contribution in [-0.2, 0) is 22.6 Å². The number of nitrogens with zero attached hydrogens (tertiary/aromatic N) is 2. The monoisotopic (exact) mass is 321 g/mol. The normalized spacial score (nSPS) is 13.0. The van der Waals surface area contributed by atoms with Gasteiger partial charge in [0.15, 0.2) is 0 Å². The average molecular weight is 321 g/mol. The summed E-state index contributed by atoms with van der Waals surface area (Å²) < 4.78 is 38.1. The zero-order valence-electron chi connectivity index (χ0n) is 12.5. The Morgan fingerprint density at radius 2 is 1.95 bits per heavy atom. The molecule has 0 radical (unpaired) electrons. The maximum Gasteiger partial charge on any atom is 0.408 e. The number of rotatable bonds is 6. The molecule has 6 nitrogen and oxygen atoms in total. The first kappa shape index (κ1) is 18.0. The van der Waals surface area contributed by atoms with Gasteiger partial charge in [-0.1, -0.05) is 0 Å². The van der Waals surface area contributed by atoms with Gasteiger partial charge in [-0.25, -0.2) is 0 Å². The van der Waals surface area contributed by atoms with Gasteiger partial charge in [-0.2, -0.15) is 18.3 Å². The van der Waals surface area contributed by atoms with Crippen LogP contribution in [0.1, 0.15) is 30.3 Å². The molecule has 0 aliphatic carbocycles. The van der Waals surface area contributed by atoms with Crippen molar-refractivity contribution < 1.29 is 27.9 Å². The van der Waals surface area contributed by atoms with Crippen LogP contribution in [-0.4, -0.2) is 39.0 Å². The summed E-state index contributed by atoms with van der Waals surface area (Å²) in [5, 5.41) is 14.9. The van der Waals surface area contributed by atoms with Gasteiger partial charge >= 0.3 is 12.1 Å². The standard InChI is InChI=1S/C13H18F3N3O3/c1-7(4-12(21)22)17-11(20)5-10-8(2)18-19(9(10)3)6-13(14,15)16/h7H,4-6H2,1-3H3,(H,17,20)(H,21,22). The van der Waals surface area contributed by atoms with Gasteiger partial charge in [0.05, 0.1) is 18.5 Å². The van der Waals surface area contributed by atoms with Crippen molar-refractivity contribution in [3.63, 3.8) is 0 Å². The number of carbonyl (C=O) groups excluding carboxylic acids is 1. The highest BCUT2D eigenvalue weighted by atomic mass is 19.4.